The van der Waals surface area contributed by atoms with Crippen LogP contribution in [0.5, 0.6) is 0 Å². The summed E-state index contributed by atoms with van der Waals surface area (Å²) in [6.45, 7) is 4.02. The monoisotopic (exact) mass is 338 g/mol. The Bertz CT molecular complexity index is 645. The van der Waals surface area contributed by atoms with E-state index in [2.05, 4.69) is 40.3 Å². The number of nitrogens with one attached hydrogen (secondary N) is 1. The molecule has 1 aromatic heterocycles. The highest BCUT2D eigenvalue weighted by atomic mass is 15.1. The Labute approximate surface area is 153 Å². The van der Waals surface area contributed by atoms with Crippen molar-refractivity contribution in [3.8, 4) is 0 Å². The van der Waals surface area contributed by atoms with Gasteiger partial charge < -0.3 is 9.88 Å². The van der Waals surface area contributed by atoms with Crippen LogP contribution in [0.1, 0.15) is 63.4 Å². The van der Waals surface area contributed by atoms with Gasteiger partial charge in [-0.05, 0) is 75.2 Å². The fourth-order valence-corrected chi connectivity index (χ4v) is 5.24. The van der Waals surface area contributed by atoms with E-state index in [0.717, 1.165) is 11.8 Å². The molecule has 2 fully saturated rings. The van der Waals surface area contributed by atoms with Crippen LogP contribution in [0, 0.1) is 11.8 Å². The molecule has 0 unspecified atom stereocenters. The minimum Gasteiger partial charge on any atom is -0.361 e. The summed E-state index contributed by atoms with van der Waals surface area (Å²) in [5.41, 5.74) is 2.77. The first-order chi connectivity index (χ1) is 12.4. The molecule has 1 aliphatic carbocycles. The maximum atomic E-state index is 3.40. The summed E-state index contributed by atoms with van der Waals surface area (Å²) in [5.74, 6) is 2.11. The first-order valence-electron chi connectivity index (χ1n) is 10.7. The normalized spacial score (nSPS) is 21.1. The summed E-state index contributed by atoms with van der Waals surface area (Å²) in [4.78, 5) is 6.13. The second-order valence-electron chi connectivity index (χ2n) is 8.39. The van der Waals surface area contributed by atoms with Crippen LogP contribution >= 0.6 is 0 Å². The van der Waals surface area contributed by atoms with Gasteiger partial charge in [0.1, 0.15) is 0 Å². The van der Waals surface area contributed by atoms with Crippen LogP contribution < -0.4 is 0 Å². The van der Waals surface area contributed by atoms with Gasteiger partial charge in [0.2, 0.25) is 0 Å². The summed E-state index contributed by atoms with van der Waals surface area (Å²) < 4.78 is 0. The summed E-state index contributed by atoms with van der Waals surface area (Å²) in [6, 6.07) is 8.68. The molecular weight excluding hydrogens is 304 g/mol. The van der Waals surface area contributed by atoms with Gasteiger partial charge in [-0.15, -0.1) is 0 Å². The van der Waals surface area contributed by atoms with Crippen LogP contribution in [0.2, 0.25) is 0 Å². The van der Waals surface area contributed by atoms with Crippen LogP contribution in [0.4, 0.5) is 0 Å². The Morgan fingerprint density at radius 3 is 2.48 bits per heavy atom. The van der Waals surface area contributed by atoms with Gasteiger partial charge in [-0.2, -0.15) is 0 Å². The number of hydrogen-bond acceptors (Lipinski definition) is 1. The predicted molar refractivity (Wildman–Crippen MR) is 107 cm³/mol. The number of hydrogen-bond donors (Lipinski definition) is 1. The van der Waals surface area contributed by atoms with Gasteiger partial charge in [0.15, 0.2) is 0 Å². The maximum Gasteiger partial charge on any atom is 0.0456 e. The lowest BCUT2D eigenvalue weighted by molar-refractivity contribution is 0.126. The molecule has 2 aromatic rings. The fraction of sp³-hybridized carbons (Fsp3) is 0.652. The molecule has 0 radical (unpaired) electrons. The molecule has 1 saturated carbocycles. The molecule has 136 valence electrons. The van der Waals surface area contributed by atoms with E-state index in [1.54, 1.807) is 0 Å². The highest BCUT2D eigenvalue weighted by Gasteiger charge is 2.27. The average molecular weight is 339 g/mol. The van der Waals surface area contributed by atoms with E-state index < -0.39 is 0 Å². The van der Waals surface area contributed by atoms with E-state index in [0.29, 0.717) is 0 Å². The molecule has 2 heteroatoms. The van der Waals surface area contributed by atoms with E-state index in [1.807, 2.05) is 0 Å². The van der Waals surface area contributed by atoms with Crippen molar-refractivity contribution in [2.24, 2.45) is 11.8 Å². The topological polar surface area (TPSA) is 19.0 Å². The largest absolute Gasteiger partial charge is 0.361 e. The third kappa shape index (κ3) is 4.28. The Morgan fingerprint density at radius 1 is 0.880 bits per heavy atom. The number of aromatic nitrogens is 1. The highest BCUT2D eigenvalue weighted by Crippen LogP contribution is 2.35. The molecule has 1 N–H and O–H groups in total. The predicted octanol–water partition coefficient (Wildman–Crippen LogP) is 5.78. The van der Waals surface area contributed by atoms with Crippen molar-refractivity contribution in [3.63, 3.8) is 0 Å². The number of rotatable bonds is 6. The molecule has 0 bridgehead atoms. The number of aryl methyl sites for hydroxylation is 1. The van der Waals surface area contributed by atoms with Crippen molar-refractivity contribution in [1.29, 1.82) is 0 Å². The Hall–Kier alpha value is -1.28. The zero-order chi connectivity index (χ0) is 16.9. The van der Waals surface area contributed by atoms with Crippen molar-refractivity contribution >= 4 is 10.9 Å². The van der Waals surface area contributed by atoms with Crippen LogP contribution in [-0.4, -0.2) is 29.5 Å². The van der Waals surface area contributed by atoms with E-state index in [4.69, 9.17) is 0 Å². The fourth-order valence-electron chi connectivity index (χ4n) is 5.24. The third-order valence-electron chi connectivity index (χ3n) is 6.79. The van der Waals surface area contributed by atoms with Gasteiger partial charge in [0.25, 0.3) is 0 Å². The average Bonchev–Trinajstić information content (AvgIpc) is 3.10. The van der Waals surface area contributed by atoms with Crippen molar-refractivity contribution in [1.82, 2.24) is 9.88 Å². The minimum absolute atomic E-state index is 1.04. The van der Waals surface area contributed by atoms with Gasteiger partial charge in [0, 0.05) is 17.1 Å². The summed E-state index contributed by atoms with van der Waals surface area (Å²) >= 11 is 0. The number of piperidine rings is 1. The van der Waals surface area contributed by atoms with Gasteiger partial charge >= 0.3 is 0 Å². The zero-order valence-electron chi connectivity index (χ0n) is 15.7. The molecule has 25 heavy (non-hydrogen) atoms. The molecule has 4 rings (SSSR count). The van der Waals surface area contributed by atoms with Crippen LogP contribution in [-0.2, 0) is 6.42 Å². The molecule has 2 aliphatic rings. The third-order valence-corrected chi connectivity index (χ3v) is 6.79. The molecule has 0 amide bonds. The highest BCUT2D eigenvalue weighted by molar-refractivity contribution is 5.82. The lowest BCUT2D eigenvalue weighted by Gasteiger charge is -2.37. The van der Waals surface area contributed by atoms with Crippen molar-refractivity contribution < 1.29 is 0 Å². The van der Waals surface area contributed by atoms with Gasteiger partial charge in [-0.1, -0.05) is 50.3 Å². The van der Waals surface area contributed by atoms with E-state index in [1.165, 1.54) is 100 Å². The first kappa shape index (κ1) is 17.1. The van der Waals surface area contributed by atoms with Crippen LogP contribution in [0.25, 0.3) is 10.9 Å². The number of benzene rings is 1. The summed E-state index contributed by atoms with van der Waals surface area (Å²) in [5, 5.41) is 1.41. The zero-order valence-corrected chi connectivity index (χ0v) is 15.7. The molecule has 1 saturated heterocycles. The summed E-state index contributed by atoms with van der Waals surface area (Å²) in [7, 11) is 0. The van der Waals surface area contributed by atoms with Crippen molar-refractivity contribution in [3.05, 3.63) is 36.0 Å². The molecule has 2 heterocycles. The number of fused-ring (bicyclic) bond motifs is 1. The first-order valence-corrected chi connectivity index (χ1v) is 10.7. The summed E-state index contributed by atoms with van der Waals surface area (Å²) in [6.07, 6.45) is 16.5. The lowest BCUT2D eigenvalue weighted by Crippen LogP contribution is -2.37. The van der Waals surface area contributed by atoms with Crippen molar-refractivity contribution in [2.45, 2.75) is 64.2 Å². The Kier molecular flexibility index (Phi) is 5.76. The molecule has 0 spiro atoms. The number of nitrogens with zero attached hydrogens (tertiary/aromatic N) is 1. The Morgan fingerprint density at radius 2 is 1.64 bits per heavy atom. The van der Waals surface area contributed by atoms with E-state index in [-0.39, 0.29) is 0 Å². The molecule has 0 atom stereocenters. The smallest absolute Gasteiger partial charge is 0.0456 e. The van der Waals surface area contributed by atoms with Crippen LogP contribution in [0.15, 0.2) is 30.5 Å². The van der Waals surface area contributed by atoms with Crippen molar-refractivity contribution in [2.75, 3.05) is 19.6 Å². The number of aromatic amines is 1. The minimum atomic E-state index is 1.04. The molecular formula is C23H34N2. The number of para-hydroxylation sites is 1. The maximum absolute atomic E-state index is 3.40. The standard InChI is InChI=1S/C23H34N2/c1-2-8-19(9-3-1)20-13-16-25(17-14-20)15-7-6-10-21-18-24-23-12-5-4-11-22(21)23/h4-5,11-12,18-20,24H,1-3,6-10,13-17H2. The van der Waals surface area contributed by atoms with E-state index in [9.17, 15) is 0 Å². The van der Waals surface area contributed by atoms with Gasteiger partial charge in [-0.25, -0.2) is 0 Å². The van der Waals surface area contributed by atoms with Crippen LogP contribution in [0.3, 0.4) is 0 Å². The second-order valence-corrected chi connectivity index (χ2v) is 8.39. The Balaban J connectivity index is 1.16. The number of unbranched alkanes of at least 4 members (excludes halogenated alkanes) is 1. The number of H-pyrrole nitrogens is 1. The van der Waals surface area contributed by atoms with E-state index >= 15 is 0 Å². The molecule has 2 nitrogen and oxygen atoms in total. The number of likely N-dealkylation sites (tertiary alicyclic amines) is 1. The second kappa shape index (κ2) is 8.40. The van der Waals surface area contributed by atoms with Gasteiger partial charge in [0.05, 0.1) is 0 Å². The van der Waals surface area contributed by atoms with Gasteiger partial charge in [-0.3, -0.25) is 0 Å². The molecule has 1 aliphatic heterocycles. The SMILES string of the molecule is c1ccc2c(CCCCN3CCC(C4CCCCC4)CC3)c[nH]c2c1. The quantitative estimate of drug-likeness (QED) is 0.661. The lowest BCUT2D eigenvalue weighted by atomic mass is 9.76. The molecule has 1 aromatic carbocycles.